The van der Waals surface area contributed by atoms with Crippen molar-refractivity contribution in [3.63, 3.8) is 0 Å². The molecule has 0 radical (unpaired) electrons. The highest BCUT2D eigenvalue weighted by molar-refractivity contribution is 9.10. The Morgan fingerprint density at radius 3 is 2.67 bits per heavy atom. The maximum absolute atomic E-state index is 12.8. The highest BCUT2D eigenvalue weighted by atomic mass is 79.9. The Balaban J connectivity index is 1.98. The molecular formula is C18H14BrNO2S2. The molecule has 0 saturated carbocycles. The van der Waals surface area contributed by atoms with E-state index in [1.807, 2.05) is 32.0 Å². The fourth-order valence-corrected chi connectivity index (χ4v) is 4.08. The van der Waals surface area contributed by atoms with Crippen LogP contribution in [0, 0.1) is 13.8 Å². The van der Waals surface area contributed by atoms with E-state index in [0.29, 0.717) is 13.7 Å². The van der Waals surface area contributed by atoms with Gasteiger partial charge in [0.05, 0.1) is 15.1 Å². The average molecular weight is 420 g/mol. The molecule has 0 aromatic heterocycles. The SMILES string of the molecule is Cc1ccc(C)c(N2C(=O)C(=Cc3ccc(O)c(Br)c3)SC2=S)c1. The zero-order chi connectivity index (χ0) is 17.4. The van der Waals surface area contributed by atoms with E-state index in [9.17, 15) is 9.90 Å². The van der Waals surface area contributed by atoms with Gasteiger partial charge in [0.25, 0.3) is 5.91 Å². The molecule has 1 saturated heterocycles. The van der Waals surface area contributed by atoms with Gasteiger partial charge in [-0.05, 0) is 70.7 Å². The van der Waals surface area contributed by atoms with Gasteiger partial charge in [0.15, 0.2) is 4.32 Å². The lowest BCUT2D eigenvalue weighted by molar-refractivity contribution is -0.113. The Morgan fingerprint density at radius 2 is 1.96 bits per heavy atom. The summed E-state index contributed by atoms with van der Waals surface area (Å²) in [5.74, 6) is 0.0398. The normalized spacial score (nSPS) is 16.3. The number of hydrogen-bond donors (Lipinski definition) is 1. The summed E-state index contributed by atoms with van der Waals surface area (Å²) < 4.78 is 1.11. The molecule has 2 aromatic rings. The number of rotatable bonds is 2. The number of aromatic hydroxyl groups is 1. The van der Waals surface area contributed by atoms with Crippen LogP contribution in [0.3, 0.4) is 0 Å². The van der Waals surface area contributed by atoms with Crippen molar-refractivity contribution < 1.29 is 9.90 Å². The summed E-state index contributed by atoms with van der Waals surface area (Å²) in [6, 6.07) is 11.1. The molecule has 0 bridgehead atoms. The first-order valence-corrected chi connectivity index (χ1v) is 9.22. The lowest BCUT2D eigenvalue weighted by Gasteiger charge is -2.17. The number of phenols is 1. The van der Waals surface area contributed by atoms with Crippen LogP contribution in [0.15, 0.2) is 45.8 Å². The van der Waals surface area contributed by atoms with Crippen molar-refractivity contribution >= 4 is 61.9 Å². The molecule has 0 spiro atoms. The number of phenolic OH excluding ortho intramolecular Hbond substituents is 1. The first-order valence-electron chi connectivity index (χ1n) is 7.20. The highest BCUT2D eigenvalue weighted by Gasteiger charge is 2.34. The standard InChI is InChI=1S/C18H14BrNO2S2/c1-10-3-4-11(2)14(7-10)20-17(22)16(24-18(20)23)9-12-5-6-15(21)13(19)8-12/h3-9,21H,1-2H3. The van der Waals surface area contributed by atoms with Crippen molar-refractivity contribution in [2.24, 2.45) is 0 Å². The molecule has 1 aliphatic heterocycles. The van der Waals surface area contributed by atoms with Gasteiger partial charge in [0.1, 0.15) is 5.75 Å². The number of thioether (sulfide) groups is 1. The summed E-state index contributed by atoms with van der Waals surface area (Å²) in [5.41, 5.74) is 3.73. The fourth-order valence-electron chi connectivity index (χ4n) is 2.40. The van der Waals surface area contributed by atoms with Crippen molar-refractivity contribution in [2.45, 2.75) is 13.8 Å². The third-order valence-corrected chi connectivity index (χ3v) is 5.61. The van der Waals surface area contributed by atoms with Crippen LogP contribution >= 0.6 is 39.9 Å². The van der Waals surface area contributed by atoms with Crippen LogP contribution in [-0.2, 0) is 4.79 Å². The van der Waals surface area contributed by atoms with Gasteiger partial charge in [-0.25, -0.2) is 0 Å². The monoisotopic (exact) mass is 419 g/mol. The second-order valence-corrected chi connectivity index (χ2v) is 8.05. The van der Waals surface area contributed by atoms with E-state index in [-0.39, 0.29) is 11.7 Å². The summed E-state index contributed by atoms with van der Waals surface area (Å²) in [6.45, 7) is 3.96. The number of thiocarbonyl (C=S) groups is 1. The number of anilines is 1. The van der Waals surface area contributed by atoms with Gasteiger partial charge in [-0.2, -0.15) is 0 Å². The number of amides is 1. The number of halogens is 1. The second kappa shape index (κ2) is 6.70. The summed E-state index contributed by atoms with van der Waals surface area (Å²) in [7, 11) is 0. The molecular weight excluding hydrogens is 406 g/mol. The van der Waals surface area contributed by atoms with Gasteiger partial charge in [0, 0.05) is 0 Å². The summed E-state index contributed by atoms with van der Waals surface area (Å²) in [6.07, 6.45) is 1.79. The van der Waals surface area contributed by atoms with Gasteiger partial charge in [0.2, 0.25) is 0 Å². The molecule has 1 fully saturated rings. The van der Waals surface area contributed by atoms with Crippen molar-refractivity contribution in [3.8, 4) is 5.75 Å². The van der Waals surface area contributed by atoms with Crippen molar-refractivity contribution in [2.75, 3.05) is 4.90 Å². The Bertz CT molecular complexity index is 893. The topological polar surface area (TPSA) is 40.5 Å². The first kappa shape index (κ1) is 17.2. The maximum Gasteiger partial charge on any atom is 0.270 e. The van der Waals surface area contributed by atoms with E-state index >= 15 is 0 Å². The van der Waals surface area contributed by atoms with E-state index < -0.39 is 0 Å². The molecule has 1 aliphatic rings. The number of nitrogens with zero attached hydrogens (tertiary/aromatic N) is 1. The number of benzene rings is 2. The number of carbonyl (C=O) groups excluding carboxylic acids is 1. The van der Waals surface area contributed by atoms with Gasteiger partial charge >= 0.3 is 0 Å². The first-order chi connectivity index (χ1) is 11.4. The smallest absolute Gasteiger partial charge is 0.270 e. The third-order valence-electron chi connectivity index (χ3n) is 3.67. The average Bonchev–Trinajstić information content (AvgIpc) is 2.80. The minimum atomic E-state index is -0.122. The lowest BCUT2D eigenvalue weighted by atomic mass is 10.1. The Kier molecular flexibility index (Phi) is 4.80. The molecule has 122 valence electrons. The summed E-state index contributed by atoms with van der Waals surface area (Å²) >= 11 is 9.99. The lowest BCUT2D eigenvalue weighted by Crippen LogP contribution is -2.28. The third kappa shape index (κ3) is 3.27. The van der Waals surface area contributed by atoms with E-state index in [4.69, 9.17) is 12.2 Å². The Hall–Kier alpha value is -1.63. The van der Waals surface area contributed by atoms with Crippen LogP contribution < -0.4 is 4.90 Å². The van der Waals surface area contributed by atoms with Crippen LogP contribution in [0.25, 0.3) is 6.08 Å². The van der Waals surface area contributed by atoms with Crippen LogP contribution in [-0.4, -0.2) is 15.3 Å². The molecule has 24 heavy (non-hydrogen) atoms. The quantitative estimate of drug-likeness (QED) is 0.537. The molecule has 1 N–H and O–H groups in total. The maximum atomic E-state index is 12.8. The highest BCUT2D eigenvalue weighted by Crippen LogP contribution is 2.38. The molecule has 1 heterocycles. The second-order valence-electron chi connectivity index (χ2n) is 5.52. The summed E-state index contributed by atoms with van der Waals surface area (Å²) in [4.78, 5) is 15.0. The molecule has 3 nitrogen and oxygen atoms in total. The minimum Gasteiger partial charge on any atom is -0.507 e. The number of carbonyl (C=O) groups is 1. The van der Waals surface area contributed by atoms with Crippen molar-refractivity contribution in [1.29, 1.82) is 0 Å². The Morgan fingerprint density at radius 1 is 1.21 bits per heavy atom. The molecule has 6 heteroatoms. The predicted octanol–water partition coefficient (Wildman–Crippen LogP) is 5.18. The Labute approximate surface area is 158 Å². The van der Waals surface area contributed by atoms with Crippen molar-refractivity contribution in [1.82, 2.24) is 0 Å². The largest absolute Gasteiger partial charge is 0.507 e. The van der Waals surface area contributed by atoms with E-state index in [2.05, 4.69) is 15.9 Å². The minimum absolute atomic E-state index is 0.122. The zero-order valence-electron chi connectivity index (χ0n) is 13.0. The van der Waals surface area contributed by atoms with Gasteiger partial charge in [-0.1, -0.05) is 42.2 Å². The fraction of sp³-hybridized carbons (Fsp3) is 0.111. The van der Waals surface area contributed by atoms with Gasteiger partial charge < -0.3 is 5.11 Å². The predicted molar refractivity (Wildman–Crippen MR) is 107 cm³/mol. The molecule has 0 aliphatic carbocycles. The van der Waals surface area contributed by atoms with Crippen LogP contribution in [0.1, 0.15) is 16.7 Å². The van der Waals surface area contributed by atoms with E-state index in [1.54, 1.807) is 29.2 Å². The molecule has 0 atom stereocenters. The van der Waals surface area contributed by atoms with Crippen LogP contribution in [0.2, 0.25) is 0 Å². The molecule has 1 amide bonds. The number of hydrogen-bond acceptors (Lipinski definition) is 4. The van der Waals surface area contributed by atoms with Gasteiger partial charge in [-0.15, -0.1) is 0 Å². The molecule has 2 aromatic carbocycles. The zero-order valence-corrected chi connectivity index (χ0v) is 16.3. The molecule has 0 unspecified atom stereocenters. The van der Waals surface area contributed by atoms with Crippen molar-refractivity contribution in [3.05, 3.63) is 62.5 Å². The molecule has 3 rings (SSSR count). The van der Waals surface area contributed by atoms with Crippen LogP contribution in [0.4, 0.5) is 5.69 Å². The number of aryl methyl sites for hydroxylation is 2. The van der Waals surface area contributed by atoms with Crippen LogP contribution in [0.5, 0.6) is 5.75 Å². The van der Waals surface area contributed by atoms with E-state index in [0.717, 1.165) is 22.4 Å². The van der Waals surface area contributed by atoms with E-state index in [1.165, 1.54) is 11.8 Å². The summed E-state index contributed by atoms with van der Waals surface area (Å²) in [5, 5.41) is 9.58. The van der Waals surface area contributed by atoms with Gasteiger partial charge in [-0.3, -0.25) is 9.69 Å².